The van der Waals surface area contributed by atoms with Crippen LogP contribution in [0.3, 0.4) is 0 Å². The molecule has 6 heteroatoms. The van der Waals surface area contributed by atoms with Crippen molar-refractivity contribution in [2.75, 3.05) is 18.0 Å². The molecule has 0 aromatic carbocycles. The van der Waals surface area contributed by atoms with Gasteiger partial charge in [0.1, 0.15) is 22.9 Å². The number of pyridine rings is 1. The Morgan fingerprint density at radius 2 is 2.05 bits per heavy atom. The molecule has 1 atom stereocenters. The van der Waals surface area contributed by atoms with Crippen LogP contribution >= 0.6 is 0 Å². The highest BCUT2D eigenvalue weighted by Gasteiger charge is 2.23. The Bertz CT molecular complexity index is 646. The number of halogens is 1. The van der Waals surface area contributed by atoms with Crippen LogP contribution in [-0.2, 0) is 4.74 Å². The second kappa shape index (κ2) is 4.46. The molecular formula is C13H13FN4O. The SMILES string of the molecule is C=C1CN(c2ncc(F)c3nccnc23)C[C@H](C)O1. The number of hydrogen-bond donors (Lipinski definition) is 0. The van der Waals surface area contributed by atoms with Gasteiger partial charge in [-0.1, -0.05) is 6.58 Å². The summed E-state index contributed by atoms with van der Waals surface area (Å²) in [6.07, 6.45) is 4.19. The van der Waals surface area contributed by atoms with Crippen molar-refractivity contribution < 1.29 is 9.13 Å². The molecule has 0 spiro atoms. The van der Waals surface area contributed by atoms with E-state index in [1.165, 1.54) is 18.6 Å². The zero-order valence-electron chi connectivity index (χ0n) is 10.5. The molecule has 1 aliphatic rings. The van der Waals surface area contributed by atoms with Crippen LogP contribution in [0.1, 0.15) is 6.92 Å². The third-order valence-corrected chi connectivity index (χ3v) is 2.95. The van der Waals surface area contributed by atoms with Crippen molar-refractivity contribution in [3.63, 3.8) is 0 Å². The van der Waals surface area contributed by atoms with E-state index in [-0.39, 0.29) is 11.6 Å². The molecule has 3 rings (SSSR count). The van der Waals surface area contributed by atoms with E-state index in [0.29, 0.717) is 30.2 Å². The molecule has 1 saturated heterocycles. The smallest absolute Gasteiger partial charge is 0.169 e. The zero-order valence-corrected chi connectivity index (χ0v) is 10.5. The Morgan fingerprint density at radius 1 is 1.32 bits per heavy atom. The van der Waals surface area contributed by atoms with Gasteiger partial charge in [0.15, 0.2) is 11.6 Å². The molecular weight excluding hydrogens is 247 g/mol. The highest BCUT2D eigenvalue weighted by atomic mass is 19.1. The van der Waals surface area contributed by atoms with Crippen LogP contribution in [-0.4, -0.2) is 34.1 Å². The molecule has 98 valence electrons. The summed E-state index contributed by atoms with van der Waals surface area (Å²) in [7, 11) is 0. The maximum atomic E-state index is 13.7. The highest BCUT2D eigenvalue weighted by Crippen LogP contribution is 2.26. The summed E-state index contributed by atoms with van der Waals surface area (Å²) in [6.45, 7) is 6.97. The number of anilines is 1. The van der Waals surface area contributed by atoms with Crippen molar-refractivity contribution in [2.45, 2.75) is 13.0 Å². The van der Waals surface area contributed by atoms with E-state index in [1.807, 2.05) is 11.8 Å². The van der Waals surface area contributed by atoms with E-state index in [0.717, 1.165) is 0 Å². The molecule has 1 fully saturated rings. The molecule has 2 aromatic rings. The number of hydrogen-bond acceptors (Lipinski definition) is 5. The molecule has 0 N–H and O–H groups in total. The Morgan fingerprint density at radius 3 is 2.79 bits per heavy atom. The van der Waals surface area contributed by atoms with Crippen molar-refractivity contribution in [2.24, 2.45) is 0 Å². The van der Waals surface area contributed by atoms with E-state index in [2.05, 4.69) is 21.5 Å². The minimum Gasteiger partial charge on any atom is -0.492 e. The first kappa shape index (κ1) is 11.8. The van der Waals surface area contributed by atoms with E-state index < -0.39 is 5.82 Å². The number of nitrogens with zero attached hydrogens (tertiary/aromatic N) is 4. The van der Waals surface area contributed by atoms with Gasteiger partial charge in [0.2, 0.25) is 0 Å². The first-order valence-electron chi connectivity index (χ1n) is 6.00. The van der Waals surface area contributed by atoms with Crippen molar-refractivity contribution in [1.82, 2.24) is 15.0 Å². The van der Waals surface area contributed by atoms with Gasteiger partial charge in [-0.2, -0.15) is 0 Å². The lowest BCUT2D eigenvalue weighted by molar-refractivity contribution is 0.114. The summed E-state index contributed by atoms with van der Waals surface area (Å²) in [5, 5.41) is 0. The van der Waals surface area contributed by atoms with E-state index >= 15 is 0 Å². The first-order valence-corrected chi connectivity index (χ1v) is 6.00. The maximum absolute atomic E-state index is 13.7. The van der Waals surface area contributed by atoms with Gasteiger partial charge in [0, 0.05) is 12.4 Å². The number of ether oxygens (including phenoxy) is 1. The zero-order chi connectivity index (χ0) is 13.4. The monoisotopic (exact) mass is 260 g/mol. The summed E-state index contributed by atoms with van der Waals surface area (Å²) < 4.78 is 19.2. The van der Waals surface area contributed by atoms with Crippen molar-refractivity contribution in [1.29, 1.82) is 0 Å². The Hall–Kier alpha value is -2.24. The molecule has 0 radical (unpaired) electrons. The highest BCUT2D eigenvalue weighted by molar-refractivity contribution is 5.85. The van der Waals surface area contributed by atoms with Crippen molar-refractivity contribution in [3.8, 4) is 0 Å². The lowest BCUT2D eigenvalue weighted by Crippen LogP contribution is -2.40. The average molecular weight is 260 g/mol. The average Bonchev–Trinajstić information content (AvgIpc) is 2.38. The quantitative estimate of drug-likeness (QED) is 0.784. The summed E-state index contributed by atoms with van der Waals surface area (Å²) in [5.41, 5.74) is 0.696. The number of morpholine rings is 1. The standard InChI is InChI=1S/C13H13FN4O/c1-8-6-18(7-9(2)19-8)13-12-11(10(14)5-17-13)15-3-4-16-12/h3-5,9H,1,6-7H2,2H3/t9-/m0/s1. The lowest BCUT2D eigenvalue weighted by atomic mass is 10.2. The van der Waals surface area contributed by atoms with Crippen LogP contribution in [0.5, 0.6) is 0 Å². The minimum absolute atomic E-state index is 0.0137. The molecule has 5 nitrogen and oxygen atoms in total. The molecule has 0 unspecified atom stereocenters. The van der Waals surface area contributed by atoms with Gasteiger partial charge in [0.25, 0.3) is 0 Å². The van der Waals surface area contributed by atoms with Crippen LogP contribution in [0.15, 0.2) is 30.9 Å². The summed E-state index contributed by atoms with van der Waals surface area (Å²) in [5.74, 6) is 0.815. The van der Waals surface area contributed by atoms with Gasteiger partial charge in [-0.25, -0.2) is 19.3 Å². The largest absolute Gasteiger partial charge is 0.492 e. The van der Waals surface area contributed by atoms with Crippen LogP contribution in [0.2, 0.25) is 0 Å². The Kier molecular flexibility index (Phi) is 2.77. The van der Waals surface area contributed by atoms with Crippen LogP contribution in [0.4, 0.5) is 10.2 Å². The third kappa shape index (κ3) is 2.09. The van der Waals surface area contributed by atoms with E-state index in [4.69, 9.17) is 4.74 Å². The molecule has 0 amide bonds. The second-order valence-electron chi connectivity index (χ2n) is 4.53. The molecule has 0 bridgehead atoms. The van der Waals surface area contributed by atoms with Gasteiger partial charge in [-0.05, 0) is 6.92 Å². The van der Waals surface area contributed by atoms with Gasteiger partial charge in [-0.15, -0.1) is 0 Å². The number of aromatic nitrogens is 3. The van der Waals surface area contributed by atoms with Gasteiger partial charge >= 0.3 is 0 Å². The maximum Gasteiger partial charge on any atom is 0.169 e. The summed E-state index contributed by atoms with van der Waals surface area (Å²) in [4.78, 5) is 14.3. The molecule has 0 aliphatic carbocycles. The predicted octanol–water partition coefficient (Wildman–Crippen LogP) is 1.90. The molecule has 2 aromatic heterocycles. The van der Waals surface area contributed by atoms with Crippen molar-refractivity contribution in [3.05, 3.63) is 36.7 Å². The van der Waals surface area contributed by atoms with Crippen molar-refractivity contribution >= 4 is 16.9 Å². The number of rotatable bonds is 1. The third-order valence-electron chi connectivity index (χ3n) is 2.95. The predicted molar refractivity (Wildman–Crippen MR) is 69.2 cm³/mol. The van der Waals surface area contributed by atoms with Crippen LogP contribution in [0, 0.1) is 5.82 Å². The second-order valence-corrected chi connectivity index (χ2v) is 4.53. The Balaban J connectivity index is 2.10. The van der Waals surface area contributed by atoms with E-state index in [1.54, 1.807) is 0 Å². The van der Waals surface area contributed by atoms with Gasteiger partial charge in [0.05, 0.1) is 19.3 Å². The number of fused-ring (bicyclic) bond motifs is 1. The fraction of sp³-hybridized carbons (Fsp3) is 0.308. The van der Waals surface area contributed by atoms with E-state index in [9.17, 15) is 4.39 Å². The molecule has 3 heterocycles. The normalized spacial score (nSPS) is 19.6. The molecule has 1 aliphatic heterocycles. The van der Waals surface area contributed by atoms with Gasteiger partial charge < -0.3 is 9.64 Å². The first-order chi connectivity index (χ1) is 9.15. The van der Waals surface area contributed by atoms with Crippen LogP contribution in [0.25, 0.3) is 11.0 Å². The Labute approximate surface area is 109 Å². The van der Waals surface area contributed by atoms with Crippen LogP contribution < -0.4 is 4.90 Å². The topological polar surface area (TPSA) is 51.1 Å². The molecule has 19 heavy (non-hydrogen) atoms. The fourth-order valence-corrected chi connectivity index (χ4v) is 2.26. The lowest BCUT2D eigenvalue weighted by Gasteiger charge is -2.33. The summed E-state index contributed by atoms with van der Waals surface area (Å²) in [6, 6.07) is 0. The fourth-order valence-electron chi connectivity index (χ4n) is 2.26. The summed E-state index contributed by atoms with van der Waals surface area (Å²) >= 11 is 0. The molecule has 0 saturated carbocycles. The van der Waals surface area contributed by atoms with Gasteiger partial charge in [-0.3, -0.25) is 0 Å². The minimum atomic E-state index is -0.466.